The van der Waals surface area contributed by atoms with Crippen LogP contribution >= 0.6 is 10.7 Å². The third kappa shape index (κ3) is 3.75. The summed E-state index contributed by atoms with van der Waals surface area (Å²) in [6.45, 7) is 1.54. The highest BCUT2D eigenvalue weighted by Crippen LogP contribution is 2.24. The van der Waals surface area contributed by atoms with Gasteiger partial charge in [0.15, 0.2) is 0 Å². The predicted molar refractivity (Wildman–Crippen MR) is 81.5 cm³/mol. The van der Waals surface area contributed by atoms with Crippen molar-refractivity contribution in [2.24, 2.45) is 0 Å². The second kappa shape index (κ2) is 5.67. The highest BCUT2D eigenvalue weighted by Gasteiger charge is 2.17. The summed E-state index contributed by atoms with van der Waals surface area (Å²) in [4.78, 5) is 0.0727. The van der Waals surface area contributed by atoms with Crippen LogP contribution < -0.4 is 4.72 Å². The van der Waals surface area contributed by atoms with Crippen LogP contribution in [0.3, 0.4) is 0 Å². The zero-order chi connectivity index (χ0) is 15.7. The van der Waals surface area contributed by atoms with Crippen LogP contribution in [-0.4, -0.2) is 16.8 Å². The standard InChI is InChI=1S/C13H12ClNO4S2/c1-10-9-11(7-8-13(10)20(14,16)17)15-21(18,19)12-5-3-2-4-6-12/h2-9,15H,1H3. The molecule has 0 saturated heterocycles. The fraction of sp³-hybridized carbons (Fsp3) is 0.0769. The topological polar surface area (TPSA) is 80.3 Å². The molecule has 8 heteroatoms. The number of rotatable bonds is 4. The maximum Gasteiger partial charge on any atom is 0.261 e. The monoisotopic (exact) mass is 345 g/mol. The molecule has 0 atom stereocenters. The Morgan fingerprint density at radius 3 is 2.10 bits per heavy atom. The number of hydrogen-bond acceptors (Lipinski definition) is 4. The van der Waals surface area contributed by atoms with Gasteiger partial charge in [0.05, 0.1) is 9.79 Å². The number of sulfonamides is 1. The molecule has 0 heterocycles. The molecule has 0 aliphatic rings. The molecular weight excluding hydrogens is 334 g/mol. The minimum atomic E-state index is -3.85. The molecule has 0 radical (unpaired) electrons. The van der Waals surface area contributed by atoms with E-state index < -0.39 is 19.1 Å². The lowest BCUT2D eigenvalue weighted by Gasteiger charge is -2.10. The lowest BCUT2D eigenvalue weighted by Crippen LogP contribution is -2.13. The summed E-state index contributed by atoms with van der Waals surface area (Å²) >= 11 is 0. The summed E-state index contributed by atoms with van der Waals surface area (Å²) in [7, 11) is -2.28. The second-order valence-corrected chi connectivity index (χ2v) is 8.55. The first kappa shape index (κ1) is 15.8. The minimum absolute atomic E-state index is 0.0492. The highest BCUT2D eigenvalue weighted by molar-refractivity contribution is 8.13. The third-order valence-electron chi connectivity index (χ3n) is 2.74. The highest BCUT2D eigenvalue weighted by atomic mass is 35.7. The van der Waals surface area contributed by atoms with Crippen molar-refractivity contribution in [1.82, 2.24) is 0 Å². The number of hydrogen-bond donors (Lipinski definition) is 1. The largest absolute Gasteiger partial charge is 0.280 e. The molecule has 0 spiro atoms. The number of benzene rings is 2. The molecule has 112 valence electrons. The first-order valence-corrected chi connectivity index (χ1v) is 9.62. The van der Waals surface area contributed by atoms with Gasteiger partial charge in [-0.15, -0.1) is 0 Å². The zero-order valence-electron chi connectivity index (χ0n) is 10.9. The average Bonchev–Trinajstić information content (AvgIpc) is 2.37. The summed E-state index contributed by atoms with van der Waals surface area (Å²) in [6, 6.07) is 11.9. The van der Waals surface area contributed by atoms with Gasteiger partial charge in [0.1, 0.15) is 0 Å². The van der Waals surface area contributed by atoms with Crippen LogP contribution in [0.4, 0.5) is 5.69 Å². The predicted octanol–water partition coefficient (Wildman–Crippen LogP) is 2.72. The van der Waals surface area contributed by atoms with Gasteiger partial charge < -0.3 is 0 Å². The van der Waals surface area contributed by atoms with Crippen molar-refractivity contribution in [2.45, 2.75) is 16.7 Å². The van der Waals surface area contributed by atoms with Gasteiger partial charge in [-0.25, -0.2) is 16.8 Å². The van der Waals surface area contributed by atoms with Crippen molar-refractivity contribution >= 4 is 35.4 Å². The molecule has 0 aliphatic heterocycles. The van der Waals surface area contributed by atoms with Crippen molar-refractivity contribution < 1.29 is 16.8 Å². The van der Waals surface area contributed by atoms with Gasteiger partial charge in [-0.3, -0.25) is 4.72 Å². The van der Waals surface area contributed by atoms with Crippen molar-refractivity contribution in [3.8, 4) is 0 Å². The van der Waals surface area contributed by atoms with E-state index >= 15 is 0 Å². The maximum absolute atomic E-state index is 12.1. The minimum Gasteiger partial charge on any atom is -0.280 e. The number of halogens is 1. The number of anilines is 1. The molecule has 5 nitrogen and oxygen atoms in total. The normalized spacial score (nSPS) is 12.1. The SMILES string of the molecule is Cc1cc(NS(=O)(=O)c2ccccc2)ccc1S(=O)(=O)Cl. The summed E-state index contributed by atoms with van der Waals surface area (Å²) in [6.07, 6.45) is 0. The molecule has 0 unspecified atom stereocenters. The molecule has 0 saturated carbocycles. The van der Waals surface area contributed by atoms with E-state index in [0.29, 0.717) is 5.56 Å². The first-order valence-electron chi connectivity index (χ1n) is 5.83. The summed E-state index contributed by atoms with van der Waals surface area (Å²) < 4.78 is 49.3. The Kier molecular flexibility index (Phi) is 4.27. The Bertz CT molecular complexity index is 862. The molecule has 1 N–H and O–H groups in total. The van der Waals surface area contributed by atoms with Gasteiger partial charge in [0, 0.05) is 16.4 Å². The van der Waals surface area contributed by atoms with E-state index in [2.05, 4.69) is 4.72 Å². The van der Waals surface area contributed by atoms with Crippen molar-refractivity contribution in [1.29, 1.82) is 0 Å². The average molecular weight is 346 g/mol. The van der Waals surface area contributed by atoms with E-state index in [0.717, 1.165) is 0 Å². The maximum atomic E-state index is 12.1. The van der Waals surface area contributed by atoms with E-state index in [4.69, 9.17) is 10.7 Å². The van der Waals surface area contributed by atoms with Crippen molar-refractivity contribution in [3.63, 3.8) is 0 Å². The van der Waals surface area contributed by atoms with Crippen molar-refractivity contribution in [3.05, 3.63) is 54.1 Å². The molecule has 2 aromatic carbocycles. The summed E-state index contributed by atoms with van der Waals surface area (Å²) in [5, 5.41) is 0. The van der Waals surface area contributed by atoms with Gasteiger partial charge in [-0.05, 0) is 42.8 Å². The molecule has 21 heavy (non-hydrogen) atoms. The molecule has 0 amide bonds. The zero-order valence-corrected chi connectivity index (χ0v) is 13.3. The van der Waals surface area contributed by atoms with Crippen LogP contribution in [0, 0.1) is 6.92 Å². The third-order valence-corrected chi connectivity index (χ3v) is 5.62. The quantitative estimate of drug-likeness (QED) is 0.864. The summed E-state index contributed by atoms with van der Waals surface area (Å²) in [5.74, 6) is 0. The van der Waals surface area contributed by atoms with Gasteiger partial charge in [0.25, 0.3) is 19.1 Å². The molecule has 0 bridgehead atoms. The Hall–Kier alpha value is -1.57. The first-order chi connectivity index (χ1) is 9.70. The Morgan fingerprint density at radius 2 is 1.57 bits per heavy atom. The Balaban J connectivity index is 2.36. The molecule has 0 aromatic heterocycles. The van der Waals surface area contributed by atoms with Gasteiger partial charge in [-0.2, -0.15) is 0 Å². The fourth-order valence-electron chi connectivity index (χ4n) is 1.80. The Labute approximate surface area is 128 Å². The van der Waals surface area contributed by atoms with E-state index in [1.807, 2.05) is 0 Å². The van der Waals surface area contributed by atoms with Gasteiger partial charge in [-0.1, -0.05) is 18.2 Å². The van der Waals surface area contributed by atoms with Crippen LogP contribution in [0.2, 0.25) is 0 Å². The molecule has 0 fully saturated rings. The molecule has 2 aromatic rings. The van der Waals surface area contributed by atoms with Gasteiger partial charge >= 0.3 is 0 Å². The van der Waals surface area contributed by atoms with Crippen LogP contribution in [0.25, 0.3) is 0 Å². The van der Waals surface area contributed by atoms with E-state index in [1.165, 1.54) is 37.3 Å². The number of aryl methyl sites for hydroxylation is 1. The van der Waals surface area contributed by atoms with Crippen LogP contribution in [0.15, 0.2) is 58.3 Å². The second-order valence-electron chi connectivity index (χ2n) is 4.34. The van der Waals surface area contributed by atoms with Crippen molar-refractivity contribution in [2.75, 3.05) is 4.72 Å². The van der Waals surface area contributed by atoms with Gasteiger partial charge in [0.2, 0.25) is 0 Å². The van der Waals surface area contributed by atoms with Crippen LogP contribution in [0.1, 0.15) is 5.56 Å². The smallest absolute Gasteiger partial charge is 0.261 e. The van der Waals surface area contributed by atoms with E-state index in [1.54, 1.807) is 18.2 Å². The van der Waals surface area contributed by atoms with Crippen LogP contribution in [0.5, 0.6) is 0 Å². The van der Waals surface area contributed by atoms with E-state index in [9.17, 15) is 16.8 Å². The number of nitrogens with one attached hydrogen (secondary N) is 1. The van der Waals surface area contributed by atoms with E-state index in [-0.39, 0.29) is 15.5 Å². The lowest BCUT2D eigenvalue weighted by atomic mass is 10.2. The van der Waals surface area contributed by atoms with Crippen LogP contribution in [-0.2, 0) is 19.1 Å². The fourth-order valence-corrected chi connectivity index (χ4v) is 4.06. The lowest BCUT2D eigenvalue weighted by molar-refractivity contribution is 0.601. The summed E-state index contributed by atoms with van der Waals surface area (Å²) in [5.41, 5.74) is 0.624. The molecule has 0 aliphatic carbocycles. The Morgan fingerprint density at radius 1 is 0.952 bits per heavy atom. The molecular formula is C13H12ClNO4S2. The molecule has 2 rings (SSSR count).